The topological polar surface area (TPSA) is 17.1 Å². The predicted molar refractivity (Wildman–Crippen MR) is 66.0 cm³/mol. The third-order valence-electron chi connectivity index (χ3n) is 3.24. The van der Waals surface area contributed by atoms with Gasteiger partial charge in [-0.2, -0.15) is 0 Å². The molecule has 2 aliphatic rings. The lowest BCUT2D eigenvalue weighted by molar-refractivity contribution is -0.121. The van der Waals surface area contributed by atoms with Crippen molar-refractivity contribution in [1.82, 2.24) is 0 Å². The van der Waals surface area contributed by atoms with Crippen molar-refractivity contribution in [2.45, 2.75) is 39.0 Å². The maximum atomic E-state index is 11.4. The number of hydrogen-bond acceptors (Lipinski definition) is 2. The maximum Gasteiger partial charge on any atom is 0.133 e. The molecule has 15 heavy (non-hydrogen) atoms. The number of Topliss-reactive ketones (excluding diaryl/α,β-unsaturated/α-hetero) is 1. The van der Waals surface area contributed by atoms with Gasteiger partial charge in [0, 0.05) is 24.1 Å². The van der Waals surface area contributed by atoms with Gasteiger partial charge in [-0.05, 0) is 31.3 Å². The van der Waals surface area contributed by atoms with E-state index in [1.165, 1.54) is 11.1 Å². The summed E-state index contributed by atoms with van der Waals surface area (Å²) in [6.45, 7) is 2.10. The Morgan fingerprint density at radius 1 is 1.47 bits per heavy atom. The summed E-state index contributed by atoms with van der Waals surface area (Å²) < 4.78 is 0. The molecule has 0 heterocycles. The average molecular weight is 220 g/mol. The van der Waals surface area contributed by atoms with E-state index in [-0.39, 0.29) is 0 Å². The normalized spacial score (nSPS) is 27.4. The molecule has 2 rings (SSSR count). The van der Waals surface area contributed by atoms with E-state index in [0.717, 1.165) is 30.5 Å². The molecule has 0 bridgehead atoms. The van der Waals surface area contributed by atoms with Gasteiger partial charge in [0.05, 0.1) is 0 Å². The summed E-state index contributed by atoms with van der Waals surface area (Å²) in [5.41, 5.74) is 2.55. The third-order valence-corrected chi connectivity index (χ3v) is 3.64. The SMILES string of the molecule is CC1=CCC(=S)C([C@@H]2CCCC(=O)C2)=C1. The predicted octanol–water partition coefficient (Wildman–Crippen LogP) is 3.39. The standard InChI is InChI=1S/C13H16OS/c1-9-5-6-13(15)12(7-9)10-3-2-4-11(14)8-10/h5,7,10H,2-4,6,8H2,1H3/t10-/m1/s1. The zero-order chi connectivity index (χ0) is 10.8. The summed E-state index contributed by atoms with van der Waals surface area (Å²) in [7, 11) is 0. The Morgan fingerprint density at radius 2 is 2.27 bits per heavy atom. The molecule has 0 radical (unpaired) electrons. The van der Waals surface area contributed by atoms with Crippen molar-refractivity contribution in [3.8, 4) is 0 Å². The van der Waals surface area contributed by atoms with E-state index in [9.17, 15) is 4.79 Å². The Bertz CT molecular complexity index is 363. The minimum Gasteiger partial charge on any atom is -0.300 e. The Morgan fingerprint density at radius 3 is 3.00 bits per heavy atom. The van der Waals surface area contributed by atoms with E-state index in [0.29, 0.717) is 18.1 Å². The van der Waals surface area contributed by atoms with Crippen LogP contribution in [0.1, 0.15) is 39.0 Å². The van der Waals surface area contributed by atoms with Crippen LogP contribution >= 0.6 is 12.2 Å². The second-order valence-electron chi connectivity index (χ2n) is 4.51. The zero-order valence-electron chi connectivity index (χ0n) is 9.08. The van der Waals surface area contributed by atoms with Crippen LogP contribution < -0.4 is 0 Å². The van der Waals surface area contributed by atoms with E-state index in [4.69, 9.17) is 12.2 Å². The summed E-state index contributed by atoms with van der Waals surface area (Å²) in [5, 5.41) is 0. The van der Waals surface area contributed by atoms with Crippen molar-refractivity contribution >= 4 is 22.9 Å². The van der Waals surface area contributed by atoms with Crippen LogP contribution in [0.15, 0.2) is 23.3 Å². The number of carbonyl (C=O) groups excluding carboxylic acids is 1. The first-order valence-corrected chi connectivity index (χ1v) is 6.01. The van der Waals surface area contributed by atoms with Crippen molar-refractivity contribution < 1.29 is 4.79 Å². The van der Waals surface area contributed by atoms with Crippen molar-refractivity contribution in [3.05, 3.63) is 23.3 Å². The van der Waals surface area contributed by atoms with Crippen molar-refractivity contribution in [2.75, 3.05) is 0 Å². The van der Waals surface area contributed by atoms with Gasteiger partial charge in [0.1, 0.15) is 5.78 Å². The van der Waals surface area contributed by atoms with Gasteiger partial charge < -0.3 is 0 Å². The number of allylic oxidation sites excluding steroid dienone is 4. The molecule has 0 aromatic heterocycles. The van der Waals surface area contributed by atoms with E-state index in [1.54, 1.807) is 0 Å². The Labute approximate surface area is 96.2 Å². The highest BCUT2D eigenvalue weighted by Gasteiger charge is 2.25. The Balaban J connectivity index is 2.18. The smallest absolute Gasteiger partial charge is 0.133 e. The molecule has 2 aliphatic carbocycles. The van der Waals surface area contributed by atoms with Gasteiger partial charge in [-0.3, -0.25) is 4.79 Å². The zero-order valence-corrected chi connectivity index (χ0v) is 9.90. The quantitative estimate of drug-likeness (QED) is 0.630. The second-order valence-corrected chi connectivity index (χ2v) is 5.00. The highest BCUT2D eigenvalue weighted by Crippen LogP contribution is 2.32. The molecule has 80 valence electrons. The van der Waals surface area contributed by atoms with Gasteiger partial charge in [0.15, 0.2) is 0 Å². The van der Waals surface area contributed by atoms with E-state index in [1.807, 2.05) is 0 Å². The molecule has 0 spiro atoms. The molecular weight excluding hydrogens is 204 g/mol. The van der Waals surface area contributed by atoms with Crippen LogP contribution in [-0.2, 0) is 4.79 Å². The molecule has 1 atom stereocenters. The maximum absolute atomic E-state index is 11.4. The van der Waals surface area contributed by atoms with Crippen LogP contribution in [-0.4, -0.2) is 10.6 Å². The molecule has 1 fully saturated rings. The highest BCUT2D eigenvalue weighted by atomic mass is 32.1. The van der Waals surface area contributed by atoms with Gasteiger partial charge >= 0.3 is 0 Å². The lowest BCUT2D eigenvalue weighted by atomic mass is 9.79. The Kier molecular flexibility index (Phi) is 3.15. The lowest BCUT2D eigenvalue weighted by Gasteiger charge is -2.26. The monoisotopic (exact) mass is 220 g/mol. The molecule has 1 saturated carbocycles. The van der Waals surface area contributed by atoms with Crippen LogP contribution in [0.2, 0.25) is 0 Å². The Hall–Kier alpha value is -0.760. The lowest BCUT2D eigenvalue weighted by Crippen LogP contribution is -2.21. The van der Waals surface area contributed by atoms with Gasteiger partial charge in [0.2, 0.25) is 0 Å². The number of thiocarbonyl (C=S) groups is 1. The summed E-state index contributed by atoms with van der Waals surface area (Å²) in [6.07, 6.45) is 8.87. The number of ketones is 1. The van der Waals surface area contributed by atoms with E-state index in [2.05, 4.69) is 19.1 Å². The number of rotatable bonds is 1. The largest absolute Gasteiger partial charge is 0.300 e. The summed E-state index contributed by atoms with van der Waals surface area (Å²) >= 11 is 5.38. The van der Waals surface area contributed by atoms with Crippen LogP contribution in [0, 0.1) is 5.92 Å². The molecule has 0 unspecified atom stereocenters. The molecule has 1 nitrogen and oxygen atoms in total. The summed E-state index contributed by atoms with van der Waals surface area (Å²) in [6, 6.07) is 0. The highest BCUT2D eigenvalue weighted by molar-refractivity contribution is 7.80. The summed E-state index contributed by atoms with van der Waals surface area (Å²) in [4.78, 5) is 12.5. The van der Waals surface area contributed by atoms with Gasteiger partial charge in [-0.15, -0.1) is 0 Å². The first-order valence-electron chi connectivity index (χ1n) is 5.60. The fourth-order valence-electron chi connectivity index (χ4n) is 2.39. The van der Waals surface area contributed by atoms with Crippen LogP contribution in [0.25, 0.3) is 0 Å². The van der Waals surface area contributed by atoms with Crippen LogP contribution in [0.3, 0.4) is 0 Å². The summed E-state index contributed by atoms with van der Waals surface area (Å²) in [5.74, 6) is 0.810. The molecule has 0 saturated heterocycles. The molecular formula is C13H16OS. The van der Waals surface area contributed by atoms with E-state index < -0.39 is 0 Å². The first-order chi connectivity index (χ1) is 7.16. The second kappa shape index (κ2) is 4.40. The van der Waals surface area contributed by atoms with Crippen molar-refractivity contribution in [1.29, 1.82) is 0 Å². The van der Waals surface area contributed by atoms with Crippen molar-refractivity contribution in [2.24, 2.45) is 5.92 Å². The third kappa shape index (κ3) is 2.43. The molecule has 0 aromatic rings. The number of carbonyl (C=O) groups is 1. The van der Waals surface area contributed by atoms with E-state index >= 15 is 0 Å². The molecule has 2 heteroatoms. The molecule has 0 amide bonds. The molecule has 0 N–H and O–H groups in total. The van der Waals surface area contributed by atoms with Crippen LogP contribution in [0.4, 0.5) is 0 Å². The minimum atomic E-state index is 0.405. The fourth-order valence-corrected chi connectivity index (χ4v) is 2.70. The van der Waals surface area contributed by atoms with Gasteiger partial charge in [-0.25, -0.2) is 0 Å². The molecule has 0 aromatic carbocycles. The number of hydrogen-bond donors (Lipinski definition) is 0. The van der Waals surface area contributed by atoms with Crippen molar-refractivity contribution in [3.63, 3.8) is 0 Å². The van der Waals surface area contributed by atoms with Crippen LogP contribution in [0.5, 0.6) is 0 Å². The molecule has 0 aliphatic heterocycles. The van der Waals surface area contributed by atoms with Gasteiger partial charge in [0.25, 0.3) is 0 Å². The van der Waals surface area contributed by atoms with Gasteiger partial charge in [-0.1, -0.05) is 29.9 Å². The minimum absolute atomic E-state index is 0.405. The average Bonchev–Trinajstić information content (AvgIpc) is 2.22. The fraction of sp³-hybridized carbons (Fsp3) is 0.538. The first kappa shape index (κ1) is 10.7.